The van der Waals surface area contributed by atoms with Crippen LogP contribution in [0.3, 0.4) is 0 Å². The number of carbonyl (C=O) groups is 2. The summed E-state index contributed by atoms with van der Waals surface area (Å²) in [5.74, 6) is -1.15. The Morgan fingerprint density at radius 1 is 1.50 bits per heavy atom. The highest BCUT2D eigenvalue weighted by Gasteiger charge is 2.44. The fraction of sp³-hybridized carbons (Fsp3) is 0.583. The minimum atomic E-state index is -1.09. The summed E-state index contributed by atoms with van der Waals surface area (Å²) in [7, 11) is 0. The molecule has 0 spiro atoms. The van der Waals surface area contributed by atoms with Gasteiger partial charge in [0.05, 0.1) is 11.2 Å². The summed E-state index contributed by atoms with van der Waals surface area (Å²) in [6.07, 6.45) is 3.73. The Morgan fingerprint density at radius 3 is 2.78 bits per heavy atom. The van der Waals surface area contributed by atoms with Crippen molar-refractivity contribution in [1.29, 1.82) is 0 Å². The van der Waals surface area contributed by atoms with E-state index in [1.807, 2.05) is 6.92 Å². The molecule has 1 saturated heterocycles. The van der Waals surface area contributed by atoms with Crippen molar-refractivity contribution in [3.63, 3.8) is 0 Å². The van der Waals surface area contributed by atoms with Crippen LogP contribution >= 0.6 is 11.3 Å². The second kappa shape index (κ2) is 4.68. The molecule has 6 heteroatoms. The summed E-state index contributed by atoms with van der Waals surface area (Å²) in [5, 5.41) is 10.2. The van der Waals surface area contributed by atoms with E-state index in [4.69, 9.17) is 0 Å². The summed E-state index contributed by atoms with van der Waals surface area (Å²) in [5.41, 5.74) is -1.09. The quantitative estimate of drug-likeness (QED) is 0.889. The lowest BCUT2D eigenvalue weighted by Crippen LogP contribution is -2.57. The van der Waals surface area contributed by atoms with E-state index in [1.54, 1.807) is 6.92 Å². The van der Waals surface area contributed by atoms with Crippen molar-refractivity contribution in [3.05, 3.63) is 16.1 Å². The van der Waals surface area contributed by atoms with Crippen LogP contribution in [0.5, 0.6) is 0 Å². The van der Waals surface area contributed by atoms with Gasteiger partial charge in [-0.2, -0.15) is 0 Å². The highest BCUT2D eigenvalue weighted by molar-refractivity contribution is 7.13. The molecule has 5 nitrogen and oxygen atoms in total. The van der Waals surface area contributed by atoms with Crippen LogP contribution in [0, 0.1) is 6.92 Å². The number of amides is 1. The smallest absolute Gasteiger partial charge is 0.329 e. The van der Waals surface area contributed by atoms with Gasteiger partial charge in [0.25, 0.3) is 5.91 Å². The van der Waals surface area contributed by atoms with Crippen LogP contribution in [0.4, 0.5) is 0 Å². The SMILES string of the molecule is Cc1ncc(C(=O)N2CCCCC2(C)C(=O)O)s1. The molecule has 0 saturated carbocycles. The first-order valence-electron chi connectivity index (χ1n) is 5.93. The second-order valence-corrected chi connectivity index (χ2v) is 5.97. The van der Waals surface area contributed by atoms with Crippen LogP contribution in [-0.4, -0.2) is 39.0 Å². The molecule has 1 aliphatic rings. The molecule has 2 rings (SSSR count). The Bertz CT molecular complexity index is 485. The van der Waals surface area contributed by atoms with Gasteiger partial charge in [0.2, 0.25) is 0 Å². The zero-order valence-corrected chi connectivity index (χ0v) is 11.3. The number of aromatic nitrogens is 1. The number of carboxylic acid groups (broad SMARTS) is 1. The lowest BCUT2D eigenvalue weighted by atomic mass is 9.88. The zero-order valence-electron chi connectivity index (χ0n) is 10.5. The Labute approximate surface area is 109 Å². The summed E-state index contributed by atoms with van der Waals surface area (Å²) in [6.45, 7) is 3.95. The van der Waals surface area contributed by atoms with E-state index < -0.39 is 11.5 Å². The molecule has 18 heavy (non-hydrogen) atoms. The van der Waals surface area contributed by atoms with E-state index in [1.165, 1.54) is 22.4 Å². The van der Waals surface area contributed by atoms with Gasteiger partial charge in [-0.1, -0.05) is 0 Å². The third kappa shape index (κ3) is 2.12. The molecule has 1 fully saturated rings. The molecule has 0 bridgehead atoms. The molecule has 1 aliphatic heterocycles. The Morgan fingerprint density at radius 2 is 2.22 bits per heavy atom. The first-order chi connectivity index (χ1) is 8.45. The molecule has 1 aromatic rings. The van der Waals surface area contributed by atoms with Gasteiger partial charge in [-0.05, 0) is 33.1 Å². The van der Waals surface area contributed by atoms with Gasteiger partial charge in [0.1, 0.15) is 10.4 Å². The van der Waals surface area contributed by atoms with Crippen molar-refractivity contribution in [1.82, 2.24) is 9.88 Å². The number of nitrogens with zero attached hydrogens (tertiary/aromatic N) is 2. The van der Waals surface area contributed by atoms with Crippen LogP contribution < -0.4 is 0 Å². The highest BCUT2D eigenvalue weighted by Crippen LogP contribution is 2.30. The van der Waals surface area contributed by atoms with Crippen LogP contribution in [0.2, 0.25) is 0 Å². The summed E-state index contributed by atoms with van der Waals surface area (Å²) in [4.78, 5) is 29.8. The number of carbonyl (C=O) groups excluding carboxylic acids is 1. The van der Waals surface area contributed by atoms with Gasteiger partial charge >= 0.3 is 5.97 Å². The number of rotatable bonds is 2. The first kappa shape index (κ1) is 13.0. The molecule has 98 valence electrons. The second-order valence-electron chi connectivity index (χ2n) is 4.74. The van der Waals surface area contributed by atoms with Crippen molar-refractivity contribution >= 4 is 23.2 Å². The summed E-state index contributed by atoms with van der Waals surface area (Å²) >= 11 is 1.31. The van der Waals surface area contributed by atoms with Gasteiger partial charge < -0.3 is 10.0 Å². The van der Waals surface area contributed by atoms with Crippen molar-refractivity contribution in [3.8, 4) is 0 Å². The predicted octanol–water partition coefficient (Wildman–Crippen LogP) is 1.92. The van der Waals surface area contributed by atoms with Crippen molar-refractivity contribution in [2.24, 2.45) is 0 Å². The first-order valence-corrected chi connectivity index (χ1v) is 6.74. The number of likely N-dealkylation sites (tertiary alicyclic amines) is 1. The minimum Gasteiger partial charge on any atom is -0.480 e. The monoisotopic (exact) mass is 268 g/mol. The van der Waals surface area contributed by atoms with E-state index in [0.717, 1.165) is 17.8 Å². The summed E-state index contributed by atoms with van der Waals surface area (Å²) < 4.78 is 0. The molecule has 2 heterocycles. The lowest BCUT2D eigenvalue weighted by molar-refractivity contribution is -0.150. The van der Waals surface area contributed by atoms with Gasteiger partial charge in [-0.25, -0.2) is 9.78 Å². The average Bonchev–Trinajstić information content (AvgIpc) is 2.75. The topological polar surface area (TPSA) is 70.5 Å². The van der Waals surface area contributed by atoms with Gasteiger partial charge in [0, 0.05) is 6.54 Å². The molecule has 0 aromatic carbocycles. The van der Waals surface area contributed by atoms with Gasteiger partial charge in [-0.15, -0.1) is 11.3 Å². The molecule has 1 unspecified atom stereocenters. The average molecular weight is 268 g/mol. The maximum atomic E-state index is 12.4. The van der Waals surface area contributed by atoms with Crippen molar-refractivity contribution < 1.29 is 14.7 Å². The Hall–Kier alpha value is -1.43. The number of aliphatic carboxylic acids is 1. The molecular weight excluding hydrogens is 252 g/mol. The maximum absolute atomic E-state index is 12.4. The fourth-order valence-electron chi connectivity index (χ4n) is 2.26. The standard InChI is InChI=1S/C12H16N2O3S/c1-8-13-7-9(18-8)10(15)14-6-4-3-5-12(14,2)11(16)17/h7H,3-6H2,1-2H3,(H,16,17). The van der Waals surface area contributed by atoms with Crippen LogP contribution in [0.1, 0.15) is 40.9 Å². The number of hydrogen-bond acceptors (Lipinski definition) is 4. The highest BCUT2D eigenvalue weighted by atomic mass is 32.1. The van der Waals surface area contributed by atoms with Gasteiger partial charge in [0.15, 0.2) is 0 Å². The third-order valence-electron chi connectivity index (χ3n) is 3.43. The van der Waals surface area contributed by atoms with Crippen molar-refractivity contribution in [2.75, 3.05) is 6.54 Å². The summed E-state index contributed by atoms with van der Waals surface area (Å²) in [6, 6.07) is 0. The Balaban J connectivity index is 2.30. The fourth-order valence-corrected chi connectivity index (χ4v) is 2.99. The third-order valence-corrected chi connectivity index (χ3v) is 4.33. The maximum Gasteiger partial charge on any atom is 0.329 e. The number of aryl methyl sites for hydroxylation is 1. The van der Waals surface area contributed by atoms with Crippen LogP contribution in [-0.2, 0) is 4.79 Å². The van der Waals surface area contributed by atoms with E-state index >= 15 is 0 Å². The van der Waals surface area contributed by atoms with Crippen LogP contribution in [0.25, 0.3) is 0 Å². The minimum absolute atomic E-state index is 0.217. The normalized spacial score (nSPS) is 24.0. The molecule has 1 atom stereocenters. The molecule has 0 radical (unpaired) electrons. The number of hydrogen-bond donors (Lipinski definition) is 1. The number of piperidine rings is 1. The molecule has 0 aliphatic carbocycles. The largest absolute Gasteiger partial charge is 0.480 e. The molecule has 1 amide bonds. The molecule has 1 aromatic heterocycles. The molecule has 1 N–H and O–H groups in total. The van der Waals surface area contributed by atoms with E-state index in [9.17, 15) is 14.7 Å². The zero-order chi connectivity index (χ0) is 13.3. The predicted molar refractivity (Wildman–Crippen MR) is 67.8 cm³/mol. The van der Waals surface area contributed by atoms with E-state index in [0.29, 0.717) is 17.8 Å². The lowest BCUT2D eigenvalue weighted by Gasteiger charge is -2.41. The van der Waals surface area contributed by atoms with E-state index in [-0.39, 0.29) is 5.91 Å². The number of carboxylic acids is 1. The van der Waals surface area contributed by atoms with E-state index in [2.05, 4.69) is 4.98 Å². The van der Waals surface area contributed by atoms with Crippen molar-refractivity contribution in [2.45, 2.75) is 38.6 Å². The Kier molecular flexibility index (Phi) is 3.38. The molecular formula is C12H16N2O3S. The number of thiazole rings is 1. The van der Waals surface area contributed by atoms with Crippen LogP contribution in [0.15, 0.2) is 6.20 Å². The van der Waals surface area contributed by atoms with Gasteiger partial charge in [-0.3, -0.25) is 4.79 Å².